The summed E-state index contributed by atoms with van der Waals surface area (Å²) in [6, 6.07) is 3.75. The fourth-order valence-electron chi connectivity index (χ4n) is 0.965. The van der Waals surface area contributed by atoms with Crippen LogP contribution in [0.25, 0.3) is 0 Å². The Morgan fingerprint density at radius 1 is 1.45 bits per heavy atom. The lowest BCUT2D eigenvalue weighted by atomic mass is 10.2. The number of hydrogen-bond donors (Lipinski definition) is 1. The Kier molecular flexibility index (Phi) is 2.71. The molecule has 1 aromatic rings. The van der Waals surface area contributed by atoms with E-state index in [1.54, 1.807) is 0 Å². The summed E-state index contributed by atoms with van der Waals surface area (Å²) < 4.78 is 5.34. The Hall–Kier alpha value is -0.760. The number of furan rings is 1. The minimum Gasteiger partial charge on any atom is -0.463 e. The first kappa shape index (κ1) is 8.34. The largest absolute Gasteiger partial charge is 0.463 e. The zero-order valence-corrected chi connectivity index (χ0v) is 7.00. The van der Waals surface area contributed by atoms with Crippen molar-refractivity contribution in [3.63, 3.8) is 0 Å². The van der Waals surface area contributed by atoms with Gasteiger partial charge in [-0.05, 0) is 18.6 Å². The van der Waals surface area contributed by atoms with Gasteiger partial charge >= 0.3 is 0 Å². The molecule has 1 N–H and O–H groups in total. The van der Waals surface area contributed by atoms with E-state index in [9.17, 15) is 5.11 Å². The van der Waals surface area contributed by atoms with Crippen molar-refractivity contribution in [1.29, 1.82) is 0 Å². The number of aliphatic hydroxyl groups is 1. The number of aryl methyl sites for hydroxylation is 1. The van der Waals surface area contributed by atoms with Gasteiger partial charge in [-0.15, -0.1) is 0 Å². The van der Waals surface area contributed by atoms with E-state index in [1.165, 1.54) is 0 Å². The van der Waals surface area contributed by atoms with Crippen LogP contribution in [0.2, 0.25) is 0 Å². The lowest BCUT2D eigenvalue weighted by molar-refractivity contribution is 0.144. The molecular formula is C9H14O2. The molecule has 62 valence electrons. The van der Waals surface area contributed by atoms with E-state index in [-0.39, 0.29) is 0 Å². The van der Waals surface area contributed by atoms with Crippen LogP contribution in [0.5, 0.6) is 0 Å². The van der Waals surface area contributed by atoms with Crippen molar-refractivity contribution >= 4 is 0 Å². The molecule has 1 heterocycles. The van der Waals surface area contributed by atoms with E-state index in [2.05, 4.69) is 0 Å². The summed E-state index contributed by atoms with van der Waals surface area (Å²) in [6.07, 6.45) is 1.16. The molecule has 0 aliphatic carbocycles. The SMILES string of the molecule is CCc1ccc([C@@H](O)CC)o1. The van der Waals surface area contributed by atoms with Crippen LogP contribution < -0.4 is 0 Å². The van der Waals surface area contributed by atoms with Crippen LogP contribution in [0.4, 0.5) is 0 Å². The molecule has 0 aliphatic rings. The fraction of sp³-hybridized carbons (Fsp3) is 0.556. The van der Waals surface area contributed by atoms with E-state index < -0.39 is 6.10 Å². The van der Waals surface area contributed by atoms with Crippen LogP contribution in [0.1, 0.15) is 37.9 Å². The third kappa shape index (κ3) is 1.84. The summed E-state index contributed by atoms with van der Waals surface area (Å²) in [5, 5.41) is 9.34. The first-order valence-electron chi connectivity index (χ1n) is 4.04. The maximum Gasteiger partial charge on any atom is 0.132 e. The van der Waals surface area contributed by atoms with Crippen molar-refractivity contribution in [2.24, 2.45) is 0 Å². The normalized spacial score (nSPS) is 13.4. The monoisotopic (exact) mass is 154 g/mol. The lowest BCUT2D eigenvalue weighted by Crippen LogP contribution is -1.91. The first-order valence-corrected chi connectivity index (χ1v) is 4.04. The topological polar surface area (TPSA) is 33.4 Å². The first-order chi connectivity index (χ1) is 5.27. The van der Waals surface area contributed by atoms with E-state index >= 15 is 0 Å². The maximum absolute atomic E-state index is 9.34. The molecular weight excluding hydrogens is 140 g/mol. The van der Waals surface area contributed by atoms with Gasteiger partial charge in [-0.1, -0.05) is 13.8 Å². The number of aliphatic hydroxyl groups excluding tert-OH is 1. The van der Waals surface area contributed by atoms with Crippen molar-refractivity contribution in [3.05, 3.63) is 23.7 Å². The summed E-state index contributed by atoms with van der Waals surface area (Å²) in [5.74, 6) is 1.62. The molecule has 0 aromatic carbocycles. The molecule has 0 bridgehead atoms. The van der Waals surface area contributed by atoms with Gasteiger partial charge in [0.15, 0.2) is 0 Å². The third-order valence-electron chi connectivity index (χ3n) is 1.75. The van der Waals surface area contributed by atoms with Gasteiger partial charge in [-0.2, -0.15) is 0 Å². The predicted octanol–water partition coefficient (Wildman–Crippen LogP) is 2.29. The average molecular weight is 154 g/mol. The van der Waals surface area contributed by atoms with Crippen LogP contribution in [0, 0.1) is 0 Å². The zero-order chi connectivity index (χ0) is 8.27. The van der Waals surface area contributed by atoms with Crippen LogP contribution in [0.15, 0.2) is 16.5 Å². The van der Waals surface area contributed by atoms with E-state index in [0.29, 0.717) is 12.2 Å². The Bertz CT molecular complexity index is 215. The number of hydrogen-bond acceptors (Lipinski definition) is 2. The summed E-state index contributed by atoms with van der Waals surface area (Å²) >= 11 is 0. The van der Waals surface area contributed by atoms with Gasteiger partial charge in [0.25, 0.3) is 0 Å². The highest BCUT2D eigenvalue weighted by molar-refractivity contribution is 5.08. The Morgan fingerprint density at radius 3 is 2.64 bits per heavy atom. The van der Waals surface area contributed by atoms with Gasteiger partial charge in [-0.3, -0.25) is 0 Å². The molecule has 0 radical (unpaired) electrons. The highest BCUT2D eigenvalue weighted by Crippen LogP contribution is 2.18. The Labute approximate surface area is 66.8 Å². The molecule has 1 rings (SSSR count). The Balaban J connectivity index is 2.71. The highest BCUT2D eigenvalue weighted by atomic mass is 16.4. The van der Waals surface area contributed by atoms with Crippen LogP contribution in [0.3, 0.4) is 0 Å². The molecule has 0 spiro atoms. The van der Waals surface area contributed by atoms with Crippen molar-refractivity contribution in [2.45, 2.75) is 32.8 Å². The quantitative estimate of drug-likeness (QED) is 0.724. The van der Waals surface area contributed by atoms with Crippen molar-refractivity contribution in [2.75, 3.05) is 0 Å². The molecule has 11 heavy (non-hydrogen) atoms. The minimum absolute atomic E-state index is 0.435. The van der Waals surface area contributed by atoms with Gasteiger partial charge in [-0.25, -0.2) is 0 Å². The molecule has 0 unspecified atom stereocenters. The van der Waals surface area contributed by atoms with Gasteiger partial charge in [0.2, 0.25) is 0 Å². The molecule has 2 nitrogen and oxygen atoms in total. The van der Waals surface area contributed by atoms with Gasteiger partial charge < -0.3 is 9.52 Å². The molecule has 0 saturated carbocycles. The maximum atomic E-state index is 9.34. The predicted molar refractivity (Wildman–Crippen MR) is 43.3 cm³/mol. The summed E-state index contributed by atoms with van der Waals surface area (Å²) in [7, 11) is 0. The third-order valence-corrected chi connectivity index (χ3v) is 1.75. The second-order valence-corrected chi connectivity index (χ2v) is 2.58. The van der Waals surface area contributed by atoms with Crippen molar-refractivity contribution < 1.29 is 9.52 Å². The smallest absolute Gasteiger partial charge is 0.132 e. The van der Waals surface area contributed by atoms with Crippen molar-refractivity contribution in [1.82, 2.24) is 0 Å². The van der Waals surface area contributed by atoms with E-state index in [4.69, 9.17) is 4.42 Å². The second-order valence-electron chi connectivity index (χ2n) is 2.58. The summed E-state index contributed by atoms with van der Waals surface area (Å²) in [6.45, 7) is 3.96. The molecule has 0 aliphatic heterocycles. The molecule has 2 heteroatoms. The van der Waals surface area contributed by atoms with Crippen LogP contribution in [-0.2, 0) is 6.42 Å². The molecule has 0 amide bonds. The average Bonchev–Trinajstić information content (AvgIpc) is 2.50. The molecule has 1 aromatic heterocycles. The van der Waals surface area contributed by atoms with E-state index in [1.807, 2.05) is 26.0 Å². The molecule has 0 saturated heterocycles. The van der Waals surface area contributed by atoms with Gasteiger partial charge in [0.05, 0.1) is 0 Å². The second kappa shape index (κ2) is 3.58. The van der Waals surface area contributed by atoms with Gasteiger partial charge in [0.1, 0.15) is 17.6 Å². The standard InChI is InChI=1S/C9H14O2/c1-3-7-5-6-9(11-7)8(10)4-2/h5-6,8,10H,3-4H2,1-2H3/t8-/m0/s1. The van der Waals surface area contributed by atoms with Gasteiger partial charge in [0, 0.05) is 6.42 Å². The lowest BCUT2D eigenvalue weighted by Gasteiger charge is -2.01. The summed E-state index contributed by atoms with van der Waals surface area (Å²) in [4.78, 5) is 0. The zero-order valence-electron chi connectivity index (χ0n) is 7.00. The fourth-order valence-corrected chi connectivity index (χ4v) is 0.965. The highest BCUT2D eigenvalue weighted by Gasteiger charge is 2.08. The molecule has 0 fully saturated rings. The van der Waals surface area contributed by atoms with Crippen LogP contribution in [-0.4, -0.2) is 5.11 Å². The summed E-state index contributed by atoms with van der Waals surface area (Å²) in [5.41, 5.74) is 0. The molecule has 1 atom stereocenters. The Morgan fingerprint density at radius 2 is 2.18 bits per heavy atom. The van der Waals surface area contributed by atoms with Crippen LogP contribution >= 0.6 is 0 Å². The van der Waals surface area contributed by atoms with Crippen molar-refractivity contribution in [3.8, 4) is 0 Å². The van der Waals surface area contributed by atoms with E-state index in [0.717, 1.165) is 12.2 Å². The number of rotatable bonds is 3. The minimum atomic E-state index is -0.435.